The van der Waals surface area contributed by atoms with Gasteiger partial charge in [-0.25, -0.2) is 0 Å². The first-order valence-electron chi connectivity index (χ1n) is 10.5. The van der Waals surface area contributed by atoms with Crippen molar-refractivity contribution in [3.05, 3.63) is 23.3 Å². The number of hydrogen-bond acceptors (Lipinski definition) is 4. The molecule has 1 aliphatic carbocycles. The van der Waals surface area contributed by atoms with Crippen molar-refractivity contribution >= 4 is 17.5 Å². The smallest absolute Gasteiger partial charge is 0.471 e. The summed E-state index contributed by atoms with van der Waals surface area (Å²) in [7, 11) is 0. The highest BCUT2D eigenvalue weighted by Crippen LogP contribution is 2.57. The number of nitrogens with zero attached hydrogens (tertiary/aromatic N) is 1. The molecular weight excluding hydrogens is 413 g/mol. The van der Waals surface area contributed by atoms with Crippen molar-refractivity contribution in [2.75, 3.05) is 18.5 Å². The molecule has 9 heteroatoms. The maximum absolute atomic E-state index is 13.2. The molecule has 0 spiro atoms. The Bertz CT molecular complexity index is 924. The molecule has 2 bridgehead atoms. The van der Waals surface area contributed by atoms with Gasteiger partial charge in [0.15, 0.2) is 0 Å². The van der Waals surface area contributed by atoms with Crippen LogP contribution in [-0.2, 0) is 26.2 Å². The molecule has 4 rings (SSSR count). The molecule has 2 aliphatic heterocycles. The maximum atomic E-state index is 13.2. The van der Waals surface area contributed by atoms with E-state index in [9.17, 15) is 27.9 Å². The van der Waals surface area contributed by atoms with Gasteiger partial charge in [-0.05, 0) is 54.4 Å². The predicted molar refractivity (Wildman–Crippen MR) is 107 cm³/mol. The van der Waals surface area contributed by atoms with E-state index in [0.717, 1.165) is 16.9 Å². The molecule has 170 valence electrons. The fourth-order valence-electron chi connectivity index (χ4n) is 5.45. The van der Waals surface area contributed by atoms with Crippen LogP contribution < -0.4 is 5.32 Å². The molecule has 2 heterocycles. The molecule has 1 aromatic carbocycles. The topological polar surface area (TPSA) is 78.9 Å². The van der Waals surface area contributed by atoms with Crippen LogP contribution in [-0.4, -0.2) is 53.3 Å². The largest absolute Gasteiger partial charge is 0.506 e. The number of phenols is 1. The summed E-state index contributed by atoms with van der Waals surface area (Å²) in [6.45, 7) is 6.27. The normalized spacial score (nSPS) is 29.4. The Morgan fingerprint density at radius 1 is 1.26 bits per heavy atom. The van der Waals surface area contributed by atoms with Crippen molar-refractivity contribution in [1.82, 2.24) is 4.90 Å². The Morgan fingerprint density at radius 2 is 1.97 bits per heavy atom. The number of phenolic OH excluding ortho intramolecular Hbond substituents is 1. The lowest BCUT2D eigenvalue weighted by Crippen LogP contribution is -2.66. The zero-order valence-electron chi connectivity index (χ0n) is 17.8. The number of halogens is 3. The fraction of sp³-hybridized carbons (Fsp3) is 0.636. The van der Waals surface area contributed by atoms with Gasteiger partial charge in [0.1, 0.15) is 11.9 Å². The van der Waals surface area contributed by atoms with Crippen LogP contribution in [0.4, 0.5) is 18.9 Å². The Balaban J connectivity index is 1.70. The Labute approximate surface area is 178 Å². The van der Waals surface area contributed by atoms with E-state index >= 15 is 0 Å². The third-order valence-electron chi connectivity index (χ3n) is 7.70. The van der Waals surface area contributed by atoms with E-state index in [2.05, 4.69) is 5.32 Å². The monoisotopic (exact) mass is 440 g/mol. The lowest BCUT2D eigenvalue weighted by molar-refractivity contribution is -0.195. The zero-order valence-corrected chi connectivity index (χ0v) is 17.8. The number of fused-ring (bicyclic) bond motifs is 4. The minimum absolute atomic E-state index is 0.000856. The van der Waals surface area contributed by atoms with Gasteiger partial charge >= 0.3 is 12.1 Å². The summed E-state index contributed by atoms with van der Waals surface area (Å²) in [5.41, 5.74) is 0.660. The highest BCUT2D eigenvalue weighted by atomic mass is 19.4. The molecule has 3 aliphatic rings. The summed E-state index contributed by atoms with van der Waals surface area (Å²) in [6.07, 6.45) is -3.52. The van der Waals surface area contributed by atoms with E-state index in [0.29, 0.717) is 25.0 Å². The van der Waals surface area contributed by atoms with E-state index < -0.39 is 35.1 Å². The number of rotatable bonds is 2. The van der Waals surface area contributed by atoms with Gasteiger partial charge in [0, 0.05) is 24.6 Å². The molecule has 31 heavy (non-hydrogen) atoms. The Kier molecular flexibility index (Phi) is 5.03. The second kappa shape index (κ2) is 7.12. The number of ether oxygens (including phenoxy) is 1. The molecule has 2 saturated heterocycles. The number of carbonyl (C=O) groups is 2. The van der Waals surface area contributed by atoms with Crippen LogP contribution in [0.5, 0.6) is 5.75 Å². The number of alkyl halides is 3. The van der Waals surface area contributed by atoms with Crippen molar-refractivity contribution in [2.24, 2.45) is 5.41 Å². The Morgan fingerprint density at radius 3 is 2.58 bits per heavy atom. The molecule has 0 radical (unpaired) electrons. The van der Waals surface area contributed by atoms with E-state index in [1.165, 1.54) is 6.07 Å². The summed E-state index contributed by atoms with van der Waals surface area (Å²) in [5, 5.41) is 13.3. The molecule has 1 aromatic rings. The number of carbonyl (C=O) groups excluding carboxylic acids is 2. The first-order chi connectivity index (χ1) is 14.4. The molecule has 2 amide bonds. The number of anilines is 1. The van der Waals surface area contributed by atoms with Crippen molar-refractivity contribution < 1.29 is 32.6 Å². The molecule has 6 nitrogen and oxygen atoms in total. The van der Waals surface area contributed by atoms with Crippen LogP contribution in [0.2, 0.25) is 0 Å². The summed E-state index contributed by atoms with van der Waals surface area (Å²) in [5.74, 6) is -2.29. The van der Waals surface area contributed by atoms with E-state index in [4.69, 9.17) is 4.74 Å². The number of benzene rings is 1. The summed E-state index contributed by atoms with van der Waals surface area (Å²) < 4.78 is 45.0. The van der Waals surface area contributed by atoms with E-state index in [-0.39, 0.29) is 30.3 Å². The second-order valence-corrected chi connectivity index (χ2v) is 9.54. The number of piperidine rings is 1. The lowest BCUT2D eigenvalue weighted by atomic mass is 9.51. The van der Waals surface area contributed by atoms with Gasteiger partial charge in [0.05, 0.1) is 5.69 Å². The maximum Gasteiger partial charge on any atom is 0.471 e. The number of likely N-dealkylation sites (tertiary alicyclic amines) is 1. The SMILES string of the molecule is CC1(C)[C@@H]2Cc3cc(O)c(NC(=O)[C@@H]4CCCO4)cc3[C@]1(C)CCN2C(=O)C(F)(F)F. The van der Waals surface area contributed by atoms with Crippen molar-refractivity contribution in [3.63, 3.8) is 0 Å². The van der Waals surface area contributed by atoms with Gasteiger partial charge in [-0.3, -0.25) is 9.59 Å². The van der Waals surface area contributed by atoms with Crippen molar-refractivity contribution in [2.45, 2.75) is 70.2 Å². The standard InChI is InChI=1S/C22H27F3N2O4/c1-20(2)17-10-12-9-15(28)14(26-18(29)16-5-4-8-31-16)11-13(12)21(20,3)6-7-27(17)19(30)22(23,24)25/h9,11,16-17,28H,4-8,10H2,1-3H3,(H,26,29)/t16-,17-,21-/m0/s1. The first-order valence-corrected chi connectivity index (χ1v) is 10.5. The molecule has 2 N–H and O–H groups in total. The fourth-order valence-corrected chi connectivity index (χ4v) is 5.45. The zero-order chi connectivity index (χ0) is 22.8. The summed E-state index contributed by atoms with van der Waals surface area (Å²) >= 11 is 0. The molecular formula is C22H27F3N2O4. The number of amides is 2. The highest BCUT2D eigenvalue weighted by Gasteiger charge is 2.59. The molecule has 2 fully saturated rings. The summed E-state index contributed by atoms with van der Waals surface area (Å²) in [6, 6.07) is 2.58. The van der Waals surface area contributed by atoms with Crippen molar-refractivity contribution in [1.29, 1.82) is 0 Å². The van der Waals surface area contributed by atoms with Crippen molar-refractivity contribution in [3.8, 4) is 5.75 Å². The number of aromatic hydroxyl groups is 1. The first kappa shape index (κ1) is 21.9. The van der Waals surface area contributed by atoms with Crippen LogP contribution in [0.15, 0.2) is 12.1 Å². The summed E-state index contributed by atoms with van der Waals surface area (Å²) in [4.78, 5) is 25.5. The third-order valence-corrected chi connectivity index (χ3v) is 7.70. The van der Waals surface area contributed by atoms with Crippen LogP contribution in [0.25, 0.3) is 0 Å². The van der Waals surface area contributed by atoms with Gasteiger partial charge in [-0.2, -0.15) is 13.2 Å². The quantitative estimate of drug-likeness (QED) is 0.690. The minimum atomic E-state index is -4.93. The van der Waals surface area contributed by atoms with Crippen LogP contribution in [0.3, 0.4) is 0 Å². The highest BCUT2D eigenvalue weighted by molar-refractivity contribution is 5.95. The Hall–Kier alpha value is -2.29. The van der Waals surface area contributed by atoms with Gasteiger partial charge in [-0.1, -0.05) is 20.8 Å². The molecule has 3 atom stereocenters. The van der Waals surface area contributed by atoms with Crippen LogP contribution >= 0.6 is 0 Å². The predicted octanol–water partition coefficient (Wildman–Crippen LogP) is 3.51. The number of nitrogens with one attached hydrogen (secondary N) is 1. The van der Waals surface area contributed by atoms with Gasteiger partial charge in [0.25, 0.3) is 5.91 Å². The van der Waals surface area contributed by atoms with Gasteiger partial charge in [0.2, 0.25) is 0 Å². The van der Waals surface area contributed by atoms with Crippen LogP contribution in [0.1, 0.15) is 51.2 Å². The van der Waals surface area contributed by atoms with Gasteiger partial charge in [-0.15, -0.1) is 0 Å². The molecule has 0 saturated carbocycles. The van der Waals surface area contributed by atoms with Crippen LogP contribution in [0, 0.1) is 5.41 Å². The molecule has 0 unspecified atom stereocenters. The van der Waals surface area contributed by atoms with Gasteiger partial charge < -0.3 is 20.1 Å². The third kappa shape index (κ3) is 3.37. The average molecular weight is 440 g/mol. The number of hydrogen-bond donors (Lipinski definition) is 2. The average Bonchev–Trinajstić information content (AvgIpc) is 3.20. The molecule has 0 aromatic heterocycles. The minimum Gasteiger partial charge on any atom is -0.506 e. The van der Waals surface area contributed by atoms with E-state index in [1.807, 2.05) is 20.8 Å². The lowest BCUT2D eigenvalue weighted by Gasteiger charge is -2.60. The second-order valence-electron chi connectivity index (χ2n) is 9.54. The van der Waals surface area contributed by atoms with E-state index in [1.54, 1.807) is 6.07 Å².